The highest BCUT2D eigenvalue weighted by atomic mass is 16.2. The zero-order chi connectivity index (χ0) is 18.8. The quantitative estimate of drug-likeness (QED) is 0.768. The van der Waals surface area contributed by atoms with E-state index >= 15 is 0 Å². The van der Waals surface area contributed by atoms with Gasteiger partial charge in [-0.05, 0) is 11.1 Å². The van der Waals surface area contributed by atoms with Crippen LogP contribution in [0.2, 0.25) is 0 Å². The molecule has 0 atom stereocenters. The molecule has 0 bridgehead atoms. The summed E-state index contributed by atoms with van der Waals surface area (Å²) in [6.45, 7) is 0.902. The highest BCUT2D eigenvalue weighted by molar-refractivity contribution is 6.02. The second-order valence-electron chi connectivity index (χ2n) is 7.19. The maximum absolute atomic E-state index is 12.8. The Bertz CT molecular complexity index is 789. The van der Waals surface area contributed by atoms with Gasteiger partial charge in [-0.15, -0.1) is 0 Å². The lowest BCUT2D eigenvalue weighted by atomic mass is 9.87. The molecule has 3 amide bonds. The normalized spacial score (nSPS) is 17.5. The average molecular weight is 362 g/mol. The maximum atomic E-state index is 12.8. The molecule has 5 nitrogen and oxygen atoms in total. The first-order valence-corrected chi connectivity index (χ1v) is 9.36. The third kappa shape index (κ3) is 3.50. The fourth-order valence-electron chi connectivity index (χ4n) is 3.93. The molecule has 2 aliphatic rings. The maximum Gasteiger partial charge on any atom is 0.230 e. The minimum absolute atomic E-state index is 0.00556. The van der Waals surface area contributed by atoms with E-state index < -0.39 is 0 Å². The van der Waals surface area contributed by atoms with Gasteiger partial charge in [0.05, 0.1) is 6.04 Å². The molecule has 27 heavy (non-hydrogen) atoms. The minimum atomic E-state index is -0.150. The Morgan fingerprint density at radius 3 is 1.81 bits per heavy atom. The Balaban J connectivity index is 1.44. The Kier molecular flexibility index (Phi) is 4.75. The predicted molar refractivity (Wildman–Crippen MR) is 101 cm³/mol. The van der Waals surface area contributed by atoms with Crippen molar-refractivity contribution in [3.63, 3.8) is 0 Å². The summed E-state index contributed by atoms with van der Waals surface area (Å²) in [5, 5.41) is 0. The second kappa shape index (κ2) is 7.35. The van der Waals surface area contributed by atoms with E-state index in [1.54, 1.807) is 4.90 Å². The van der Waals surface area contributed by atoms with Crippen molar-refractivity contribution in [1.29, 1.82) is 0 Å². The molecule has 4 rings (SSSR count). The lowest BCUT2D eigenvalue weighted by Gasteiger charge is -2.43. The lowest BCUT2D eigenvalue weighted by Crippen LogP contribution is -2.62. The number of imide groups is 1. The highest BCUT2D eigenvalue weighted by Crippen LogP contribution is 2.30. The monoisotopic (exact) mass is 362 g/mol. The molecule has 2 fully saturated rings. The Hall–Kier alpha value is -2.95. The molecule has 0 aromatic heterocycles. The molecular weight excluding hydrogens is 340 g/mol. The van der Waals surface area contributed by atoms with E-state index in [0.29, 0.717) is 32.4 Å². The first-order valence-electron chi connectivity index (χ1n) is 9.36. The minimum Gasteiger partial charge on any atom is -0.338 e. The van der Waals surface area contributed by atoms with Gasteiger partial charge in [-0.2, -0.15) is 0 Å². The molecule has 2 aromatic carbocycles. The third-order valence-electron chi connectivity index (χ3n) is 5.45. The molecule has 0 N–H and O–H groups in total. The van der Waals surface area contributed by atoms with Gasteiger partial charge in [0.15, 0.2) is 0 Å². The summed E-state index contributed by atoms with van der Waals surface area (Å²) in [5.74, 6) is -0.163. The molecular formula is C22H22N2O3. The van der Waals surface area contributed by atoms with Gasteiger partial charge in [0.25, 0.3) is 0 Å². The smallest absolute Gasteiger partial charge is 0.230 e. The summed E-state index contributed by atoms with van der Waals surface area (Å²) in [6.07, 6.45) is 0.976. The molecule has 138 valence electrons. The van der Waals surface area contributed by atoms with Crippen LogP contribution in [0.5, 0.6) is 0 Å². The molecule has 2 aliphatic heterocycles. The van der Waals surface area contributed by atoms with E-state index in [2.05, 4.69) is 0 Å². The van der Waals surface area contributed by atoms with E-state index in [0.717, 1.165) is 11.1 Å². The summed E-state index contributed by atoms with van der Waals surface area (Å²) in [6, 6.07) is 19.9. The fourth-order valence-corrected chi connectivity index (χ4v) is 3.93. The molecule has 0 aliphatic carbocycles. The van der Waals surface area contributed by atoms with E-state index in [1.807, 2.05) is 60.7 Å². The number of rotatable bonds is 5. The van der Waals surface area contributed by atoms with Crippen LogP contribution in [-0.2, 0) is 14.4 Å². The van der Waals surface area contributed by atoms with Gasteiger partial charge in [-0.25, -0.2) is 0 Å². The molecule has 5 heteroatoms. The van der Waals surface area contributed by atoms with Gasteiger partial charge in [0.2, 0.25) is 17.7 Å². The number of hydrogen-bond donors (Lipinski definition) is 0. The first-order chi connectivity index (χ1) is 13.1. The van der Waals surface area contributed by atoms with E-state index in [9.17, 15) is 14.4 Å². The summed E-state index contributed by atoms with van der Waals surface area (Å²) in [7, 11) is 0. The zero-order valence-electron chi connectivity index (χ0n) is 15.1. The van der Waals surface area contributed by atoms with Gasteiger partial charge < -0.3 is 4.90 Å². The lowest BCUT2D eigenvalue weighted by molar-refractivity contribution is -0.151. The fraction of sp³-hybridized carbons (Fsp3) is 0.318. The van der Waals surface area contributed by atoms with Crippen LogP contribution < -0.4 is 0 Å². The zero-order valence-corrected chi connectivity index (χ0v) is 15.1. The van der Waals surface area contributed by atoms with Crippen molar-refractivity contribution in [2.45, 2.75) is 31.2 Å². The van der Waals surface area contributed by atoms with E-state index in [4.69, 9.17) is 0 Å². The van der Waals surface area contributed by atoms with Crippen LogP contribution in [0.1, 0.15) is 36.3 Å². The Labute approximate surface area is 158 Å². The summed E-state index contributed by atoms with van der Waals surface area (Å²) in [5.41, 5.74) is 2.22. The van der Waals surface area contributed by atoms with Crippen molar-refractivity contribution in [2.24, 2.45) is 0 Å². The number of nitrogens with zero attached hydrogens (tertiary/aromatic N) is 2. The SMILES string of the molecule is O=C(CC(c1ccccc1)c1ccccc1)N1CC(N2C(=O)CCC2=O)C1. The largest absolute Gasteiger partial charge is 0.338 e. The van der Waals surface area contributed by atoms with Gasteiger partial charge in [0.1, 0.15) is 0 Å². The van der Waals surface area contributed by atoms with Crippen LogP contribution in [0.25, 0.3) is 0 Å². The van der Waals surface area contributed by atoms with Crippen LogP contribution in [0.3, 0.4) is 0 Å². The van der Waals surface area contributed by atoms with Gasteiger partial charge in [0, 0.05) is 38.3 Å². The molecule has 0 radical (unpaired) electrons. The van der Waals surface area contributed by atoms with Gasteiger partial charge in [-0.3, -0.25) is 19.3 Å². The average Bonchev–Trinajstić information content (AvgIpc) is 2.99. The molecule has 0 spiro atoms. The number of likely N-dealkylation sites (tertiary alicyclic amines) is 2. The van der Waals surface area contributed by atoms with Gasteiger partial charge >= 0.3 is 0 Å². The standard InChI is InChI=1S/C22H22N2O3/c25-20-11-12-21(26)24(20)18-14-23(15-18)22(27)13-19(16-7-3-1-4-8-16)17-9-5-2-6-10-17/h1-10,18-19H,11-15H2. The van der Waals surface area contributed by atoms with Gasteiger partial charge in [-0.1, -0.05) is 60.7 Å². The first kappa shape index (κ1) is 17.5. The van der Waals surface area contributed by atoms with Crippen molar-refractivity contribution in [2.75, 3.05) is 13.1 Å². The second-order valence-corrected chi connectivity index (χ2v) is 7.19. The van der Waals surface area contributed by atoms with Crippen molar-refractivity contribution in [1.82, 2.24) is 9.80 Å². The summed E-state index contributed by atoms with van der Waals surface area (Å²) < 4.78 is 0. The number of amides is 3. The van der Waals surface area contributed by atoms with Crippen LogP contribution in [0.15, 0.2) is 60.7 Å². The number of benzene rings is 2. The molecule has 0 unspecified atom stereocenters. The van der Waals surface area contributed by atoms with Crippen LogP contribution in [0, 0.1) is 0 Å². The molecule has 0 saturated carbocycles. The predicted octanol–water partition coefficient (Wildman–Crippen LogP) is 2.57. The Morgan fingerprint density at radius 1 is 0.852 bits per heavy atom. The summed E-state index contributed by atoms with van der Waals surface area (Å²) in [4.78, 5) is 39.6. The topological polar surface area (TPSA) is 57.7 Å². The van der Waals surface area contributed by atoms with Crippen LogP contribution in [0.4, 0.5) is 0 Å². The Morgan fingerprint density at radius 2 is 1.33 bits per heavy atom. The number of carbonyl (C=O) groups excluding carboxylic acids is 3. The van der Waals surface area contributed by atoms with E-state index in [-0.39, 0.29) is 29.7 Å². The number of carbonyl (C=O) groups is 3. The third-order valence-corrected chi connectivity index (χ3v) is 5.45. The van der Waals surface area contributed by atoms with Crippen molar-refractivity contribution < 1.29 is 14.4 Å². The van der Waals surface area contributed by atoms with Crippen LogP contribution in [-0.4, -0.2) is 46.7 Å². The van der Waals surface area contributed by atoms with E-state index in [1.165, 1.54) is 4.90 Å². The van der Waals surface area contributed by atoms with Crippen molar-refractivity contribution in [3.05, 3.63) is 71.8 Å². The number of hydrogen-bond acceptors (Lipinski definition) is 3. The highest BCUT2D eigenvalue weighted by Gasteiger charge is 2.42. The molecule has 2 heterocycles. The summed E-state index contributed by atoms with van der Waals surface area (Å²) >= 11 is 0. The van der Waals surface area contributed by atoms with Crippen molar-refractivity contribution >= 4 is 17.7 Å². The molecule has 2 saturated heterocycles. The molecule has 2 aromatic rings. The van der Waals surface area contributed by atoms with Crippen LogP contribution >= 0.6 is 0 Å². The van der Waals surface area contributed by atoms with Crippen molar-refractivity contribution in [3.8, 4) is 0 Å².